The van der Waals surface area contributed by atoms with E-state index in [1.807, 2.05) is 19.9 Å². The first-order chi connectivity index (χ1) is 14.7. The standard InChI is InChI=1S/C21H27FN4O4S2/c1-11(2)14-6-13(8-23)19(22)18(12(3)4)15(14)7-16(28)26-32(24,30)17-9-25-20(31-17)21(5,29)10-27/h6,9,11-12,27,29H,7,10H2,1-5H3,(H2,24,26,28,30). The Hall–Kier alpha value is -2.23. The summed E-state index contributed by atoms with van der Waals surface area (Å²) in [6.45, 7) is 7.96. The Bertz CT molecular complexity index is 1190. The number of thiazole rings is 1. The Balaban J connectivity index is 2.53. The van der Waals surface area contributed by atoms with Crippen molar-refractivity contribution >= 4 is 27.2 Å². The molecule has 0 spiro atoms. The number of carbonyl (C=O) groups excluding carboxylic acids is 1. The van der Waals surface area contributed by atoms with Crippen molar-refractivity contribution in [3.05, 3.63) is 45.3 Å². The number of halogens is 1. The van der Waals surface area contributed by atoms with Crippen LogP contribution in [0.3, 0.4) is 0 Å². The summed E-state index contributed by atoms with van der Waals surface area (Å²) in [6.07, 6.45) is 0.807. The van der Waals surface area contributed by atoms with Crippen molar-refractivity contribution < 1.29 is 23.6 Å². The zero-order valence-corrected chi connectivity index (χ0v) is 20.2. The van der Waals surface area contributed by atoms with E-state index >= 15 is 0 Å². The number of nitrogens with two attached hydrogens (primary N) is 1. The van der Waals surface area contributed by atoms with Crippen molar-refractivity contribution in [2.24, 2.45) is 9.50 Å². The van der Waals surface area contributed by atoms with Gasteiger partial charge >= 0.3 is 0 Å². The van der Waals surface area contributed by atoms with Gasteiger partial charge in [0.15, 0.2) is 9.92 Å². The summed E-state index contributed by atoms with van der Waals surface area (Å²) >= 11 is 0.780. The van der Waals surface area contributed by atoms with E-state index in [-0.39, 0.29) is 38.6 Å². The van der Waals surface area contributed by atoms with Crippen LogP contribution in [0.1, 0.15) is 73.7 Å². The van der Waals surface area contributed by atoms with Crippen LogP contribution in [0.15, 0.2) is 20.8 Å². The van der Waals surface area contributed by atoms with Crippen LogP contribution in [0.2, 0.25) is 0 Å². The zero-order chi connectivity index (χ0) is 24.4. The molecule has 0 radical (unpaired) electrons. The molecule has 2 rings (SSSR count). The molecule has 0 aliphatic heterocycles. The molecule has 2 unspecified atom stereocenters. The lowest BCUT2D eigenvalue weighted by Gasteiger charge is -2.20. The molecule has 0 fully saturated rings. The Morgan fingerprint density at radius 3 is 2.53 bits per heavy atom. The highest BCUT2D eigenvalue weighted by atomic mass is 32.2. The maximum Gasteiger partial charge on any atom is 0.259 e. The largest absolute Gasteiger partial charge is 0.393 e. The lowest BCUT2D eigenvalue weighted by atomic mass is 9.85. The SMILES string of the molecule is CC(C)c1cc(C#N)c(F)c(C(C)C)c1CC(=O)N=S(N)(=O)c1cnc(C(C)(O)CO)s1. The van der Waals surface area contributed by atoms with Gasteiger partial charge in [0.1, 0.15) is 26.7 Å². The van der Waals surface area contributed by atoms with Gasteiger partial charge in [-0.25, -0.2) is 18.7 Å². The lowest BCUT2D eigenvalue weighted by molar-refractivity contribution is -0.117. The summed E-state index contributed by atoms with van der Waals surface area (Å²) in [5, 5.41) is 34.5. The van der Waals surface area contributed by atoms with Gasteiger partial charge in [-0.15, -0.1) is 15.7 Å². The number of hydrogen-bond acceptors (Lipinski definition) is 7. The predicted octanol–water partition coefficient (Wildman–Crippen LogP) is 3.07. The van der Waals surface area contributed by atoms with E-state index in [0.717, 1.165) is 17.5 Å². The molecule has 32 heavy (non-hydrogen) atoms. The molecule has 8 nitrogen and oxygen atoms in total. The number of aliphatic hydroxyl groups is 2. The molecule has 0 aliphatic carbocycles. The van der Waals surface area contributed by atoms with E-state index < -0.39 is 33.8 Å². The van der Waals surface area contributed by atoms with Crippen molar-refractivity contribution in [2.75, 3.05) is 6.61 Å². The number of rotatable bonds is 7. The van der Waals surface area contributed by atoms with Gasteiger partial charge < -0.3 is 10.2 Å². The molecule has 11 heteroatoms. The van der Waals surface area contributed by atoms with E-state index in [1.165, 1.54) is 13.0 Å². The lowest BCUT2D eigenvalue weighted by Crippen LogP contribution is -2.25. The summed E-state index contributed by atoms with van der Waals surface area (Å²) in [7, 11) is -3.67. The average Bonchev–Trinajstić information content (AvgIpc) is 3.19. The van der Waals surface area contributed by atoms with Crippen LogP contribution in [0.25, 0.3) is 0 Å². The van der Waals surface area contributed by atoms with Crippen molar-refractivity contribution in [2.45, 2.75) is 62.7 Å². The van der Waals surface area contributed by atoms with Gasteiger partial charge in [-0.2, -0.15) is 5.26 Å². The van der Waals surface area contributed by atoms with Gasteiger partial charge in [-0.1, -0.05) is 27.7 Å². The van der Waals surface area contributed by atoms with Gasteiger partial charge in [0.05, 0.1) is 24.8 Å². The van der Waals surface area contributed by atoms with Crippen LogP contribution < -0.4 is 5.14 Å². The first-order valence-corrected chi connectivity index (χ1v) is 12.3. The van der Waals surface area contributed by atoms with E-state index in [9.17, 15) is 28.9 Å². The highest BCUT2D eigenvalue weighted by Crippen LogP contribution is 2.33. The number of hydrogen-bond donors (Lipinski definition) is 3. The number of carbonyl (C=O) groups is 1. The number of aromatic nitrogens is 1. The third-order valence-electron chi connectivity index (χ3n) is 4.87. The quantitative estimate of drug-likeness (QED) is 0.552. The highest BCUT2D eigenvalue weighted by Gasteiger charge is 2.28. The van der Waals surface area contributed by atoms with E-state index in [0.29, 0.717) is 11.1 Å². The number of nitriles is 1. The van der Waals surface area contributed by atoms with E-state index in [2.05, 4.69) is 9.35 Å². The molecule has 4 N–H and O–H groups in total. The molecule has 0 saturated carbocycles. The van der Waals surface area contributed by atoms with Gasteiger partial charge in [-0.3, -0.25) is 4.79 Å². The monoisotopic (exact) mass is 482 g/mol. The fraction of sp³-hybridized carbons (Fsp3) is 0.476. The van der Waals surface area contributed by atoms with Gasteiger partial charge in [0, 0.05) is 0 Å². The van der Waals surface area contributed by atoms with Crippen LogP contribution >= 0.6 is 11.3 Å². The third kappa shape index (κ3) is 5.39. The molecule has 1 aromatic heterocycles. The number of amides is 1. The first-order valence-electron chi connectivity index (χ1n) is 9.87. The first kappa shape index (κ1) is 26.0. The Morgan fingerprint density at radius 1 is 1.41 bits per heavy atom. The molecule has 0 bridgehead atoms. The highest BCUT2D eigenvalue weighted by molar-refractivity contribution is 7.93. The van der Waals surface area contributed by atoms with Crippen molar-refractivity contribution in [3.8, 4) is 6.07 Å². The molecule has 0 saturated heterocycles. The summed E-state index contributed by atoms with van der Waals surface area (Å²) in [6, 6.07) is 3.28. The molecule has 1 heterocycles. The second-order valence-electron chi connectivity index (χ2n) is 8.29. The molecule has 2 aromatic rings. The number of benzene rings is 1. The maximum absolute atomic E-state index is 14.9. The topological polar surface area (TPSA) is 150 Å². The minimum atomic E-state index is -3.67. The molecule has 2 atom stereocenters. The molecule has 0 aliphatic rings. The second kappa shape index (κ2) is 9.72. The summed E-state index contributed by atoms with van der Waals surface area (Å²) in [5.74, 6) is -1.90. The van der Waals surface area contributed by atoms with Crippen molar-refractivity contribution in [1.29, 1.82) is 5.26 Å². The molecule has 1 amide bonds. The fourth-order valence-electron chi connectivity index (χ4n) is 3.23. The van der Waals surface area contributed by atoms with E-state index in [4.69, 9.17) is 5.14 Å². The summed E-state index contributed by atoms with van der Waals surface area (Å²) in [5.41, 5.74) is -0.456. The molecular weight excluding hydrogens is 455 g/mol. The maximum atomic E-state index is 14.9. The van der Waals surface area contributed by atoms with Crippen LogP contribution in [0.4, 0.5) is 4.39 Å². The number of aliphatic hydroxyl groups excluding tert-OH is 1. The molecule has 1 aromatic carbocycles. The fourth-order valence-corrected chi connectivity index (χ4v) is 5.40. The third-order valence-corrected chi connectivity index (χ3v) is 8.04. The second-order valence-corrected chi connectivity index (χ2v) is 11.3. The summed E-state index contributed by atoms with van der Waals surface area (Å²) in [4.78, 5) is 16.7. The van der Waals surface area contributed by atoms with Gasteiger partial charge in [0.25, 0.3) is 5.91 Å². The normalized spacial score (nSPS) is 15.3. The van der Waals surface area contributed by atoms with Crippen LogP contribution in [-0.2, 0) is 26.7 Å². The Morgan fingerprint density at radius 2 is 2.03 bits per heavy atom. The molecular formula is C21H27FN4O4S2. The zero-order valence-electron chi connectivity index (χ0n) is 18.5. The molecule has 174 valence electrons. The van der Waals surface area contributed by atoms with Crippen LogP contribution in [-0.4, -0.2) is 31.9 Å². The number of nitrogens with zero attached hydrogens (tertiary/aromatic N) is 3. The van der Waals surface area contributed by atoms with Crippen molar-refractivity contribution in [1.82, 2.24) is 4.98 Å². The van der Waals surface area contributed by atoms with Crippen LogP contribution in [0, 0.1) is 17.1 Å². The van der Waals surface area contributed by atoms with E-state index in [1.54, 1.807) is 13.8 Å². The Labute approximate surface area is 191 Å². The smallest absolute Gasteiger partial charge is 0.259 e. The summed E-state index contributed by atoms with van der Waals surface area (Å²) < 4.78 is 31.5. The minimum absolute atomic E-state index is 0.0336. The van der Waals surface area contributed by atoms with Crippen molar-refractivity contribution in [3.63, 3.8) is 0 Å². The average molecular weight is 483 g/mol. The Kier molecular flexibility index (Phi) is 7.91. The predicted molar refractivity (Wildman–Crippen MR) is 120 cm³/mol. The van der Waals surface area contributed by atoms with Crippen LogP contribution in [0.5, 0.6) is 0 Å². The van der Waals surface area contributed by atoms with Gasteiger partial charge in [-0.05, 0) is 41.5 Å². The van der Waals surface area contributed by atoms with Gasteiger partial charge in [0.2, 0.25) is 0 Å². The minimum Gasteiger partial charge on any atom is -0.393 e.